The minimum atomic E-state index is -0.326. The van der Waals surface area contributed by atoms with Gasteiger partial charge in [-0.2, -0.15) is 0 Å². The second-order valence-corrected chi connectivity index (χ2v) is 4.99. The molecule has 0 unspecified atom stereocenters. The Kier molecular flexibility index (Phi) is 5.15. The minimum Gasteiger partial charge on any atom is -0.469 e. The molecule has 1 rings (SSSR count). The fraction of sp³-hybridized carbons (Fsp3) is 0.500. The molecule has 0 saturated heterocycles. The normalized spacial score (nSPS) is 12.2. The summed E-state index contributed by atoms with van der Waals surface area (Å²) >= 11 is 1.51. The maximum Gasteiger partial charge on any atom is 0.307 e. The molecular formula is C12H17NO3S. The maximum absolute atomic E-state index is 11.7. The summed E-state index contributed by atoms with van der Waals surface area (Å²) in [5.74, 6) is -0.491. The van der Waals surface area contributed by atoms with Gasteiger partial charge in [0.1, 0.15) is 0 Å². The summed E-state index contributed by atoms with van der Waals surface area (Å²) in [7, 11) is 1.35. The standard InChI is InChI=1S/C12H17NO3S/c1-8(2)12(15)13-9(7-11(14)16-3)10-5-4-6-17-10/h4-6,8-9H,7H2,1-3H3,(H,13,15)/t9-/m0/s1. The van der Waals surface area contributed by atoms with Gasteiger partial charge in [-0.1, -0.05) is 19.9 Å². The number of methoxy groups -OCH3 is 1. The summed E-state index contributed by atoms with van der Waals surface area (Å²) < 4.78 is 4.64. The fourth-order valence-electron chi connectivity index (χ4n) is 1.30. The van der Waals surface area contributed by atoms with Crippen LogP contribution in [-0.2, 0) is 14.3 Å². The molecule has 0 aliphatic rings. The first-order chi connectivity index (χ1) is 8.04. The molecule has 0 spiro atoms. The highest BCUT2D eigenvalue weighted by Crippen LogP contribution is 2.22. The number of hydrogen-bond donors (Lipinski definition) is 1. The Morgan fingerprint density at radius 3 is 2.65 bits per heavy atom. The lowest BCUT2D eigenvalue weighted by Gasteiger charge is -2.17. The first-order valence-corrected chi connectivity index (χ1v) is 6.33. The number of carbonyl (C=O) groups is 2. The molecule has 0 aliphatic carbocycles. The lowest BCUT2D eigenvalue weighted by atomic mass is 10.1. The second-order valence-electron chi connectivity index (χ2n) is 4.01. The van der Waals surface area contributed by atoms with Gasteiger partial charge in [0, 0.05) is 10.8 Å². The van der Waals surface area contributed by atoms with Gasteiger partial charge in [0.05, 0.1) is 19.6 Å². The number of amides is 1. The zero-order valence-electron chi connectivity index (χ0n) is 10.2. The van der Waals surface area contributed by atoms with Crippen molar-refractivity contribution in [2.45, 2.75) is 26.3 Å². The number of nitrogens with one attached hydrogen (secondary N) is 1. The molecule has 1 N–H and O–H groups in total. The van der Waals surface area contributed by atoms with E-state index < -0.39 is 0 Å². The van der Waals surface area contributed by atoms with Crippen molar-refractivity contribution in [1.29, 1.82) is 0 Å². The minimum absolute atomic E-state index is 0.0627. The monoisotopic (exact) mass is 255 g/mol. The summed E-state index contributed by atoms with van der Waals surface area (Å²) in [6.07, 6.45) is 0.162. The van der Waals surface area contributed by atoms with Gasteiger partial charge in [0.25, 0.3) is 0 Å². The summed E-state index contributed by atoms with van der Waals surface area (Å²) in [6, 6.07) is 3.50. The predicted molar refractivity (Wildman–Crippen MR) is 66.7 cm³/mol. The summed E-state index contributed by atoms with van der Waals surface area (Å²) in [5.41, 5.74) is 0. The lowest BCUT2D eigenvalue weighted by molar-refractivity contribution is -0.141. The van der Waals surface area contributed by atoms with Crippen LogP contribution in [-0.4, -0.2) is 19.0 Å². The smallest absolute Gasteiger partial charge is 0.307 e. The van der Waals surface area contributed by atoms with Crippen LogP contribution >= 0.6 is 11.3 Å². The first-order valence-electron chi connectivity index (χ1n) is 5.45. The van der Waals surface area contributed by atoms with E-state index in [9.17, 15) is 9.59 Å². The van der Waals surface area contributed by atoms with E-state index in [2.05, 4.69) is 10.1 Å². The fourth-order valence-corrected chi connectivity index (χ4v) is 2.08. The molecule has 94 valence electrons. The van der Waals surface area contributed by atoms with Crippen LogP contribution in [0.15, 0.2) is 17.5 Å². The number of hydrogen-bond acceptors (Lipinski definition) is 4. The SMILES string of the molecule is COC(=O)C[C@H](NC(=O)C(C)C)c1cccs1. The molecule has 4 nitrogen and oxygen atoms in total. The average molecular weight is 255 g/mol. The summed E-state index contributed by atoms with van der Waals surface area (Å²) in [4.78, 5) is 23.9. The average Bonchev–Trinajstić information content (AvgIpc) is 2.80. The van der Waals surface area contributed by atoms with Crippen LogP contribution in [0, 0.1) is 5.92 Å². The van der Waals surface area contributed by atoms with E-state index in [1.807, 2.05) is 31.4 Å². The van der Waals surface area contributed by atoms with Gasteiger partial charge in [-0.25, -0.2) is 0 Å². The van der Waals surface area contributed by atoms with Crippen LogP contribution in [0.25, 0.3) is 0 Å². The third kappa shape index (κ3) is 4.19. The third-order valence-corrected chi connectivity index (χ3v) is 3.31. The number of esters is 1. The Morgan fingerprint density at radius 1 is 1.47 bits per heavy atom. The van der Waals surface area contributed by atoms with Crippen molar-refractivity contribution in [3.05, 3.63) is 22.4 Å². The van der Waals surface area contributed by atoms with E-state index in [-0.39, 0.29) is 30.3 Å². The summed E-state index contributed by atoms with van der Waals surface area (Å²) in [6.45, 7) is 3.64. The van der Waals surface area contributed by atoms with Gasteiger partial charge in [0.15, 0.2) is 0 Å². The number of thiophene rings is 1. The number of ether oxygens (including phenoxy) is 1. The molecule has 0 radical (unpaired) electrons. The molecule has 1 amide bonds. The van der Waals surface area contributed by atoms with Gasteiger partial charge in [-0.3, -0.25) is 9.59 Å². The molecule has 5 heteroatoms. The van der Waals surface area contributed by atoms with Gasteiger partial charge in [-0.05, 0) is 11.4 Å². The third-order valence-electron chi connectivity index (χ3n) is 2.33. The van der Waals surface area contributed by atoms with Crippen LogP contribution < -0.4 is 5.32 Å². The second kappa shape index (κ2) is 6.39. The highest BCUT2D eigenvalue weighted by Gasteiger charge is 2.20. The van der Waals surface area contributed by atoms with Crippen molar-refractivity contribution in [2.75, 3.05) is 7.11 Å². The Hall–Kier alpha value is -1.36. The molecule has 0 aromatic carbocycles. The zero-order valence-corrected chi connectivity index (χ0v) is 11.0. The van der Waals surface area contributed by atoms with E-state index >= 15 is 0 Å². The molecule has 0 fully saturated rings. The van der Waals surface area contributed by atoms with Gasteiger partial charge >= 0.3 is 5.97 Å². The Labute approximate surface area is 105 Å². The Bertz CT molecular complexity index is 373. The van der Waals surface area contributed by atoms with Gasteiger partial charge in [-0.15, -0.1) is 11.3 Å². The van der Waals surface area contributed by atoms with Crippen molar-refractivity contribution in [2.24, 2.45) is 5.92 Å². The predicted octanol–water partition coefficient (Wildman–Crippen LogP) is 2.12. The Morgan fingerprint density at radius 2 is 2.18 bits per heavy atom. The molecule has 0 bridgehead atoms. The van der Waals surface area contributed by atoms with Crippen LogP contribution in [0.3, 0.4) is 0 Å². The molecular weight excluding hydrogens is 238 g/mol. The molecule has 0 saturated carbocycles. The first kappa shape index (κ1) is 13.7. The zero-order chi connectivity index (χ0) is 12.8. The van der Waals surface area contributed by atoms with Gasteiger partial charge in [0.2, 0.25) is 5.91 Å². The topological polar surface area (TPSA) is 55.4 Å². The maximum atomic E-state index is 11.7. The molecule has 17 heavy (non-hydrogen) atoms. The van der Waals surface area contributed by atoms with Crippen molar-refractivity contribution in [3.63, 3.8) is 0 Å². The molecule has 1 aromatic heterocycles. The molecule has 0 aliphatic heterocycles. The van der Waals surface area contributed by atoms with E-state index in [0.717, 1.165) is 4.88 Å². The Balaban J connectivity index is 2.73. The largest absolute Gasteiger partial charge is 0.469 e. The number of rotatable bonds is 5. The molecule has 1 atom stereocenters. The van der Waals surface area contributed by atoms with Crippen molar-refractivity contribution >= 4 is 23.2 Å². The van der Waals surface area contributed by atoms with Crippen LogP contribution in [0.5, 0.6) is 0 Å². The van der Waals surface area contributed by atoms with Crippen molar-refractivity contribution in [3.8, 4) is 0 Å². The van der Waals surface area contributed by atoms with Gasteiger partial charge < -0.3 is 10.1 Å². The molecule has 1 aromatic rings. The lowest BCUT2D eigenvalue weighted by Crippen LogP contribution is -2.32. The van der Waals surface area contributed by atoms with Crippen molar-refractivity contribution in [1.82, 2.24) is 5.32 Å². The highest BCUT2D eigenvalue weighted by molar-refractivity contribution is 7.10. The van der Waals surface area contributed by atoms with E-state index in [1.165, 1.54) is 18.4 Å². The summed E-state index contributed by atoms with van der Waals surface area (Å²) in [5, 5.41) is 4.77. The quantitative estimate of drug-likeness (QED) is 0.820. The van der Waals surface area contributed by atoms with E-state index in [1.54, 1.807) is 0 Å². The number of carbonyl (C=O) groups excluding carboxylic acids is 2. The van der Waals surface area contributed by atoms with E-state index in [0.29, 0.717) is 0 Å². The molecule has 1 heterocycles. The van der Waals surface area contributed by atoms with Crippen LogP contribution in [0.1, 0.15) is 31.2 Å². The van der Waals surface area contributed by atoms with E-state index in [4.69, 9.17) is 0 Å². The van der Waals surface area contributed by atoms with Crippen LogP contribution in [0.2, 0.25) is 0 Å². The van der Waals surface area contributed by atoms with Crippen molar-refractivity contribution < 1.29 is 14.3 Å². The van der Waals surface area contributed by atoms with Crippen LogP contribution in [0.4, 0.5) is 0 Å². The highest BCUT2D eigenvalue weighted by atomic mass is 32.1.